The first-order valence-electron chi connectivity index (χ1n) is 7.34. The largest absolute Gasteiger partial charge is 0.353 e. The van der Waals surface area contributed by atoms with Crippen molar-refractivity contribution in [3.8, 4) is 0 Å². The van der Waals surface area contributed by atoms with E-state index in [-0.39, 0.29) is 24.1 Å². The van der Waals surface area contributed by atoms with Gasteiger partial charge in [0.05, 0.1) is 5.69 Å². The predicted octanol–water partition coefficient (Wildman–Crippen LogP) is 6.18. The molecule has 21 heavy (non-hydrogen) atoms. The van der Waals surface area contributed by atoms with Crippen molar-refractivity contribution in [2.75, 3.05) is 5.32 Å². The summed E-state index contributed by atoms with van der Waals surface area (Å²) in [5.41, 5.74) is 2.50. The lowest BCUT2D eigenvalue weighted by atomic mass is 10.1. The topological polar surface area (TPSA) is 12.0 Å². The zero-order chi connectivity index (χ0) is 15.8. The fraction of sp³-hybridized carbons (Fsp3) is 0.444. The normalized spacial score (nSPS) is 17.0. The molecule has 1 aliphatic heterocycles. The van der Waals surface area contributed by atoms with Gasteiger partial charge < -0.3 is 5.32 Å². The first-order valence-corrected chi connectivity index (χ1v) is 8.75. The number of nitrogens with one attached hydrogen (secondary N) is 1. The molecule has 1 aliphatic rings. The minimum absolute atomic E-state index is 0.196. The molecule has 0 aliphatic carbocycles. The predicted molar refractivity (Wildman–Crippen MR) is 93.6 cm³/mol. The van der Waals surface area contributed by atoms with Crippen LogP contribution < -0.4 is 5.32 Å². The van der Waals surface area contributed by atoms with Gasteiger partial charge in [-0.05, 0) is 28.3 Å². The third-order valence-corrected chi connectivity index (χ3v) is 6.90. The number of fused-ring (bicyclic) bond motifs is 1. The van der Waals surface area contributed by atoms with E-state index in [1.807, 2.05) is 12.1 Å². The molecule has 0 atom stereocenters. The van der Waals surface area contributed by atoms with Crippen molar-refractivity contribution in [2.45, 2.75) is 51.9 Å². The molecule has 0 fully saturated rings. The van der Waals surface area contributed by atoms with E-state index in [9.17, 15) is 4.39 Å². The fourth-order valence-electron chi connectivity index (χ4n) is 2.79. The number of benzene rings is 1. The van der Waals surface area contributed by atoms with Gasteiger partial charge in [-0.2, -0.15) is 0 Å². The van der Waals surface area contributed by atoms with Crippen LogP contribution in [0.1, 0.15) is 47.1 Å². The summed E-state index contributed by atoms with van der Waals surface area (Å²) in [5.74, 6) is 2.11. The van der Waals surface area contributed by atoms with Crippen molar-refractivity contribution in [1.29, 1.82) is 0 Å². The van der Waals surface area contributed by atoms with E-state index in [1.165, 1.54) is 6.07 Å². The van der Waals surface area contributed by atoms with Gasteiger partial charge in [-0.1, -0.05) is 67.7 Å². The number of rotatable bonds is 1. The average molecular weight is 305 g/mol. The van der Waals surface area contributed by atoms with Crippen LogP contribution in [-0.4, -0.2) is 10.3 Å². The first kappa shape index (κ1) is 16.2. The van der Waals surface area contributed by atoms with Crippen molar-refractivity contribution in [2.24, 2.45) is 0 Å². The highest BCUT2D eigenvalue weighted by atomic mass is 31.1. The zero-order valence-corrected chi connectivity index (χ0v) is 14.7. The second-order valence-corrected chi connectivity index (χ2v) is 11.1. The van der Waals surface area contributed by atoms with Crippen LogP contribution in [0.5, 0.6) is 0 Å². The highest BCUT2D eigenvalue weighted by molar-refractivity contribution is 7.64. The molecule has 1 aromatic carbocycles. The summed E-state index contributed by atoms with van der Waals surface area (Å²) < 4.78 is 13.9. The summed E-state index contributed by atoms with van der Waals surface area (Å²) in [6.07, 6.45) is 4.04. The monoisotopic (exact) mass is 305 g/mol. The summed E-state index contributed by atoms with van der Waals surface area (Å²) in [5, 5.41) is 3.68. The molecular weight excluding hydrogens is 280 g/mol. The molecule has 1 nitrogen and oxygen atoms in total. The molecule has 2 rings (SSSR count). The SMILES string of the molecule is CC(C)(C)P(/C=C1/C=Cc2cccc(F)c2N1)C(C)(C)C. The van der Waals surface area contributed by atoms with Crippen molar-refractivity contribution in [1.82, 2.24) is 0 Å². The Labute approximate surface area is 129 Å². The maximum absolute atomic E-state index is 13.9. The van der Waals surface area contributed by atoms with Gasteiger partial charge in [0.2, 0.25) is 0 Å². The quantitative estimate of drug-likeness (QED) is 0.610. The minimum atomic E-state index is -0.363. The number of hydrogen-bond donors (Lipinski definition) is 1. The van der Waals surface area contributed by atoms with Crippen LogP contribution in [0, 0.1) is 5.82 Å². The highest BCUT2D eigenvalue weighted by Crippen LogP contribution is 2.61. The van der Waals surface area contributed by atoms with E-state index >= 15 is 0 Å². The van der Waals surface area contributed by atoms with Gasteiger partial charge in [-0.15, -0.1) is 0 Å². The van der Waals surface area contributed by atoms with Gasteiger partial charge in [0.25, 0.3) is 0 Å². The van der Waals surface area contributed by atoms with Crippen LogP contribution in [0.2, 0.25) is 0 Å². The van der Waals surface area contributed by atoms with Crippen molar-refractivity contribution < 1.29 is 4.39 Å². The van der Waals surface area contributed by atoms with Gasteiger partial charge in [0.1, 0.15) is 5.82 Å². The lowest BCUT2D eigenvalue weighted by Crippen LogP contribution is -2.24. The van der Waals surface area contributed by atoms with E-state index in [4.69, 9.17) is 0 Å². The Hall–Kier alpha value is -1.14. The molecule has 0 aromatic heterocycles. The third-order valence-electron chi connectivity index (χ3n) is 3.47. The summed E-state index contributed by atoms with van der Waals surface area (Å²) >= 11 is 0. The molecule has 0 radical (unpaired) electrons. The standard InChI is InChI=1S/C18H25FNP/c1-17(2,3)21(18(4,5)6)12-14-11-10-13-8-7-9-15(19)16(13)20-14/h7-12,20H,1-6H3/b14-12-. The lowest BCUT2D eigenvalue weighted by molar-refractivity contribution is 0.631. The molecule has 1 aromatic rings. The first-order chi connectivity index (χ1) is 9.59. The van der Waals surface area contributed by atoms with E-state index < -0.39 is 0 Å². The minimum Gasteiger partial charge on any atom is -0.353 e. The molecule has 0 spiro atoms. The number of para-hydroxylation sites is 1. The van der Waals surface area contributed by atoms with Crippen LogP contribution >= 0.6 is 7.92 Å². The second-order valence-electron chi connectivity index (χ2n) is 7.46. The molecule has 1 heterocycles. The van der Waals surface area contributed by atoms with Gasteiger partial charge in [0, 0.05) is 11.3 Å². The maximum Gasteiger partial charge on any atom is 0.147 e. The second kappa shape index (κ2) is 5.57. The molecule has 0 amide bonds. The maximum atomic E-state index is 13.9. The Morgan fingerprint density at radius 2 is 1.62 bits per heavy atom. The Kier molecular flexibility index (Phi) is 4.31. The summed E-state index contributed by atoms with van der Waals surface area (Å²) in [7, 11) is -0.363. The number of hydrogen-bond acceptors (Lipinski definition) is 1. The van der Waals surface area contributed by atoms with Crippen LogP contribution in [0.15, 0.2) is 35.8 Å². The van der Waals surface area contributed by atoms with Crippen LogP contribution in [0.4, 0.5) is 10.1 Å². The number of anilines is 1. The van der Waals surface area contributed by atoms with Gasteiger partial charge in [-0.25, -0.2) is 4.39 Å². The summed E-state index contributed by atoms with van der Waals surface area (Å²) in [6.45, 7) is 13.7. The van der Waals surface area contributed by atoms with Crippen molar-refractivity contribution >= 4 is 19.7 Å². The molecule has 1 N–H and O–H groups in total. The summed E-state index contributed by atoms with van der Waals surface area (Å²) in [6, 6.07) is 5.17. The molecule has 0 bridgehead atoms. The number of halogens is 1. The molecular formula is C18H25FNP. The Morgan fingerprint density at radius 1 is 1.00 bits per heavy atom. The molecule has 3 heteroatoms. The van der Waals surface area contributed by atoms with Crippen molar-refractivity contribution in [3.63, 3.8) is 0 Å². The van der Waals surface area contributed by atoms with Gasteiger partial charge >= 0.3 is 0 Å². The smallest absolute Gasteiger partial charge is 0.147 e. The molecule has 0 saturated heterocycles. The van der Waals surface area contributed by atoms with E-state index in [0.717, 1.165) is 11.3 Å². The fourth-order valence-corrected chi connectivity index (χ4v) is 6.00. The number of allylic oxidation sites excluding steroid dienone is 1. The Morgan fingerprint density at radius 3 is 2.19 bits per heavy atom. The van der Waals surface area contributed by atoms with Crippen LogP contribution in [-0.2, 0) is 0 Å². The summed E-state index contributed by atoms with van der Waals surface area (Å²) in [4.78, 5) is 0. The van der Waals surface area contributed by atoms with E-state index in [0.29, 0.717) is 5.69 Å². The van der Waals surface area contributed by atoms with Gasteiger partial charge in [0.15, 0.2) is 0 Å². The highest BCUT2D eigenvalue weighted by Gasteiger charge is 2.33. The van der Waals surface area contributed by atoms with E-state index in [1.54, 1.807) is 6.07 Å². The van der Waals surface area contributed by atoms with Gasteiger partial charge in [-0.3, -0.25) is 0 Å². The van der Waals surface area contributed by atoms with E-state index in [2.05, 4.69) is 58.8 Å². The van der Waals surface area contributed by atoms with Crippen LogP contribution in [0.3, 0.4) is 0 Å². The lowest BCUT2D eigenvalue weighted by Gasteiger charge is -2.40. The average Bonchev–Trinajstić information content (AvgIpc) is 2.34. The Bertz CT molecular complexity index is 574. The van der Waals surface area contributed by atoms with Crippen LogP contribution in [0.25, 0.3) is 6.08 Å². The van der Waals surface area contributed by atoms with Crippen molar-refractivity contribution in [3.05, 3.63) is 47.2 Å². The molecule has 114 valence electrons. The zero-order valence-electron chi connectivity index (χ0n) is 13.8. The molecule has 0 unspecified atom stereocenters. The third kappa shape index (κ3) is 3.74. The molecule has 0 saturated carbocycles. The Balaban J connectivity index is 2.37.